The maximum absolute atomic E-state index is 11.7. The van der Waals surface area contributed by atoms with Gasteiger partial charge in [0.1, 0.15) is 5.75 Å². The molecule has 0 aliphatic carbocycles. The number of unbranched alkanes of at least 4 members (excludes halogenated alkanes) is 1. The third-order valence-corrected chi connectivity index (χ3v) is 3.67. The lowest BCUT2D eigenvalue weighted by atomic mass is 10.0. The molecule has 2 amide bonds. The first-order chi connectivity index (χ1) is 11.6. The fraction of sp³-hybridized carbons (Fsp3) is 0.278. The first-order valence-corrected chi connectivity index (χ1v) is 7.85. The zero-order chi connectivity index (χ0) is 17.4. The number of benzene rings is 2. The molecule has 0 saturated carbocycles. The maximum Gasteiger partial charge on any atom is 0.240 e. The van der Waals surface area contributed by atoms with E-state index in [2.05, 4.69) is 15.8 Å². The van der Waals surface area contributed by atoms with E-state index in [1.165, 1.54) is 6.21 Å². The number of aromatic hydroxyl groups is 1. The summed E-state index contributed by atoms with van der Waals surface area (Å²) in [5.41, 5.74) is 3.01. The van der Waals surface area contributed by atoms with Gasteiger partial charge >= 0.3 is 0 Å². The molecule has 0 aromatic heterocycles. The van der Waals surface area contributed by atoms with E-state index in [-0.39, 0.29) is 17.6 Å². The molecule has 24 heavy (non-hydrogen) atoms. The number of phenolic OH excluding ortho intramolecular Hbond substituents is 1. The highest BCUT2D eigenvalue weighted by molar-refractivity contribution is 6.02. The van der Waals surface area contributed by atoms with Gasteiger partial charge in [0.25, 0.3) is 0 Å². The average molecular weight is 327 g/mol. The van der Waals surface area contributed by atoms with E-state index in [0.717, 1.165) is 10.8 Å². The van der Waals surface area contributed by atoms with Gasteiger partial charge in [-0.1, -0.05) is 30.3 Å². The molecule has 0 atom stereocenters. The zero-order valence-electron chi connectivity index (χ0n) is 13.6. The second-order valence-electron chi connectivity index (χ2n) is 5.39. The summed E-state index contributed by atoms with van der Waals surface area (Å²) in [7, 11) is 1.59. The van der Waals surface area contributed by atoms with E-state index in [4.69, 9.17) is 0 Å². The molecule has 0 spiro atoms. The molecule has 0 aliphatic heterocycles. The van der Waals surface area contributed by atoms with Crippen molar-refractivity contribution in [3.63, 3.8) is 0 Å². The van der Waals surface area contributed by atoms with Crippen LogP contribution in [-0.2, 0) is 9.59 Å². The van der Waals surface area contributed by atoms with Crippen LogP contribution < -0.4 is 10.7 Å². The summed E-state index contributed by atoms with van der Waals surface area (Å²) in [5, 5.41) is 18.3. The van der Waals surface area contributed by atoms with Crippen LogP contribution in [0.25, 0.3) is 10.8 Å². The molecule has 0 heterocycles. The Balaban J connectivity index is 1.89. The van der Waals surface area contributed by atoms with Crippen molar-refractivity contribution in [3.8, 4) is 5.75 Å². The molecular formula is C18H21N3O3. The molecule has 126 valence electrons. The van der Waals surface area contributed by atoms with E-state index >= 15 is 0 Å². The molecule has 0 bridgehead atoms. The molecule has 2 aromatic rings. The van der Waals surface area contributed by atoms with Crippen molar-refractivity contribution in [3.05, 3.63) is 42.0 Å². The maximum atomic E-state index is 11.7. The second-order valence-corrected chi connectivity index (χ2v) is 5.39. The van der Waals surface area contributed by atoms with Crippen molar-refractivity contribution in [2.75, 3.05) is 7.05 Å². The van der Waals surface area contributed by atoms with Crippen LogP contribution in [0.4, 0.5) is 0 Å². The van der Waals surface area contributed by atoms with E-state index in [9.17, 15) is 14.7 Å². The Labute approximate surface area is 140 Å². The first kappa shape index (κ1) is 17.5. The zero-order valence-corrected chi connectivity index (χ0v) is 13.6. The standard InChI is InChI=1S/C18H21N3O3/c1-19-17(23)8-4-5-9-18(24)21-20-12-15-14-7-3-2-6-13(14)10-11-16(15)22/h2-3,6-7,10-12,22H,4-5,8-9H2,1H3,(H,19,23)(H,21,24)/b20-12+. The normalized spacial score (nSPS) is 10.9. The highest BCUT2D eigenvalue weighted by Gasteiger charge is 2.05. The predicted molar refractivity (Wildman–Crippen MR) is 93.9 cm³/mol. The number of hydrogen-bond donors (Lipinski definition) is 3. The molecule has 6 nitrogen and oxygen atoms in total. The van der Waals surface area contributed by atoms with Gasteiger partial charge in [0.05, 0.1) is 6.21 Å². The van der Waals surface area contributed by atoms with E-state index in [1.807, 2.05) is 30.3 Å². The van der Waals surface area contributed by atoms with Crippen LogP contribution >= 0.6 is 0 Å². The minimum absolute atomic E-state index is 0.0279. The minimum Gasteiger partial charge on any atom is -0.507 e. The molecule has 2 aromatic carbocycles. The third kappa shape index (κ3) is 4.81. The number of nitrogens with one attached hydrogen (secondary N) is 2. The van der Waals surface area contributed by atoms with Crippen molar-refractivity contribution >= 4 is 28.8 Å². The molecular weight excluding hydrogens is 306 g/mol. The molecule has 0 unspecified atom stereocenters. The number of hydrazone groups is 1. The molecule has 0 radical (unpaired) electrons. The van der Waals surface area contributed by atoms with Crippen LogP contribution in [0, 0.1) is 0 Å². The average Bonchev–Trinajstić information content (AvgIpc) is 2.60. The third-order valence-electron chi connectivity index (χ3n) is 3.67. The van der Waals surface area contributed by atoms with Crippen molar-refractivity contribution in [1.29, 1.82) is 0 Å². The topological polar surface area (TPSA) is 90.8 Å². The summed E-state index contributed by atoms with van der Waals surface area (Å²) in [5.74, 6) is -0.139. The van der Waals surface area contributed by atoms with Gasteiger partial charge in [-0.2, -0.15) is 5.10 Å². The first-order valence-electron chi connectivity index (χ1n) is 7.85. The SMILES string of the molecule is CNC(=O)CCCCC(=O)N/N=C/c1c(O)ccc2ccccc12. The lowest BCUT2D eigenvalue weighted by molar-refractivity contribution is -0.122. The highest BCUT2D eigenvalue weighted by atomic mass is 16.3. The number of carbonyl (C=O) groups is 2. The minimum atomic E-state index is -0.220. The summed E-state index contributed by atoms with van der Waals surface area (Å²) >= 11 is 0. The van der Waals surface area contributed by atoms with Gasteiger partial charge in [0.2, 0.25) is 11.8 Å². The van der Waals surface area contributed by atoms with Crippen LogP contribution in [0.15, 0.2) is 41.5 Å². The largest absolute Gasteiger partial charge is 0.507 e. The number of hydrogen-bond acceptors (Lipinski definition) is 4. The molecule has 2 rings (SSSR count). The van der Waals surface area contributed by atoms with Gasteiger partial charge in [0.15, 0.2) is 0 Å². The van der Waals surface area contributed by atoms with Crippen molar-refractivity contribution in [1.82, 2.24) is 10.7 Å². The predicted octanol–water partition coefficient (Wildman–Crippen LogP) is 2.30. The number of fused-ring (bicyclic) bond motifs is 1. The number of nitrogens with zero attached hydrogens (tertiary/aromatic N) is 1. The summed E-state index contributed by atoms with van der Waals surface area (Å²) in [6.45, 7) is 0. The van der Waals surface area contributed by atoms with Gasteiger partial charge in [-0.05, 0) is 29.7 Å². The Morgan fingerprint density at radius 3 is 2.54 bits per heavy atom. The van der Waals surface area contributed by atoms with Crippen molar-refractivity contribution in [2.24, 2.45) is 5.10 Å². The Morgan fingerprint density at radius 1 is 1.08 bits per heavy atom. The summed E-state index contributed by atoms with van der Waals surface area (Å²) in [6.07, 6.45) is 3.43. The number of rotatable bonds is 7. The van der Waals surface area contributed by atoms with Crippen LogP contribution in [0.2, 0.25) is 0 Å². The van der Waals surface area contributed by atoms with Gasteiger partial charge < -0.3 is 10.4 Å². The van der Waals surface area contributed by atoms with Crippen LogP contribution in [0.5, 0.6) is 5.75 Å². The second kappa shape index (κ2) is 8.67. The quantitative estimate of drug-likeness (QED) is 0.414. The molecule has 0 aliphatic rings. The summed E-state index contributed by atoms with van der Waals surface area (Å²) < 4.78 is 0. The molecule has 6 heteroatoms. The summed E-state index contributed by atoms with van der Waals surface area (Å²) in [6, 6.07) is 11.1. The van der Waals surface area contributed by atoms with E-state index in [0.29, 0.717) is 31.2 Å². The van der Waals surface area contributed by atoms with Gasteiger partial charge in [0, 0.05) is 25.5 Å². The Hall–Kier alpha value is -2.89. The van der Waals surface area contributed by atoms with Gasteiger partial charge in [-0.15, -0.1) is 0 Å². The molecule has 0 saturated heterocycles. The smallest absolute Gasteiger partial charge is 0.240 e. The molecule has 0 fully saturated rings. The number of carbonyl (C=O) groups excluding carboxylic acids is 2. The monoisotopic (exact) mass is 327 g/mol. The van der Waals surface area contributed by atoms with Gasteiger partial charge in [-0.3, -0.25) is 9.59 Å². The Kier molecular flexibility index (Phi) is 6.31. The Bertz CT molecular complexity index is 756. The fourth-order valence-electron chi connectivity index (χ4n) is 2.34. The molecule has 3 N–H and O–H groups in total. The fourth-order valence-corrected chi connectivity index (χ4v) is 2.34. The van der Waals surface area contributed by atoms with Crippen molar-refractivity contribution < 1.29 is 14.7 Å². The lowest BCUT2D eigenvalue weighted by Crippen LogP contribution is -2.19. The Morgan fingerprint density at radius 2 is 1.79 bits per heavy atom. The van der Waals surface area contributed by atoms with Gasteiger partial charge in [-0.25, -0.2) is 5.43 Å². The van der Waals surface area contributed by atoms with Crippen LogP contribution in [0.1, 0.15) is 31.2 Å². The summed E-state index contributed by atoms with van der Waals surface area (Å²) in [4.78, 5) is 22.8. The van der Waals surface area contributed by atoms with Crippen LogP contribution in [0.3, 0.4) is 0 Å². The van der Waals surface area contributed by atoms with E-state index in [1.54, 1.807) is 13.1 Å². The van der Waals surface area contributed by atoms with Crippen molar-refractivity contribution in [2.45, 2.75) is 25.7 Å². The lowest BCUT2D eigenvalue weighted by Gasteiger charge is -2.05. The number of phenols is 1. The highest BCUT2D eigenvalue weighted by Crippen LogP contribution is 2.25. The van der Waals surface area contributed by atoms with Crippen LogP contribution in [-0.4, -0.2) is 30.2 Å². The number of amides is 2. The van der Waals surface area contributed by atoms with E-state index < -0.39 is 0 Å².